The number of quaternary nitrogens is 1. The number of hydrogen-bond acceptors (Lipinski definition) is 2. The summed E-state index contributed by atoms with van der Waals surface area (Å²) in [4.78, 5) is 14.7. The number of likely N-dealkylation sites (tertiary alicyclic amines) is 1. The summed E-state index contributed by atoms with van der Waals surface area (Å²) in [5.41, 5.74) is 6.10. The van der Waals surface area contributed by atoms with Gasteiger partial charge in [-0.15, -0.1) is 0 Å². The molecule has 2 N–H and O–H groups in total. The molecule has 0 saturated carbocycles. The van der Waals surface area contributed by atoms with Gasteiger partial charge in [-0.1, -0.05) is 54.6 Å². The highest BCUT2D eigenvalue weighted by atomic mass is 16.1. The maximum Gasteiger partial charge on any atom is 0.255 e. The fraction of sp³-hybridized carbons (Fsp3) is 0.385. The van der Waals surface area contributed by atoms with Crippen molar-refractivity contribution in [2.75, 3.05) is 13.1 Å². The van der Waals surface area contributed by atoms with E-state index in [9.17, 15) is 4.79 Å². The highest BCUT2D eigenvalue weighted by Crippen LogP contribution is 2.16. The van der Waals surface area contributed by atoms with Gasteiger partial charge in [0.1, 0.15) is 6.54 Å². The Morgan fingerprint density at radius 3 is 2.39 bits per heavy atom. The Bertz CT molecular complexity index is 1020. The Morgan fingerprint density at radius 2 is 1.65 bits per heavy atom. The standard InChI is InChI=1S/C26H32N4O/c1-20-25(21(2)30(28-20)18-22-11-5-3-6-12-22)26(31)27-17-23-13-7-8-14-24(23)19-29-15-9-4-10-16-29/h3,5-8,11-14H,4,9-10,15-19H2,1-2H3,(H,27,31)/p+1. The molecule has 1 fully saturated rings. The molecule has 3 aromatic rings. The predicted octanol–water partition coefficient (Wildman–Crippen LogP) is 3.05. The van der Waals surface area contributed by atoms with E-state index in [1.165, 1.54) is 49.0 Å². The van der Waals surface area contributed by atoms with Gasteiger partial charge in [0.2, 0.25) is 0 Å². The number of nitrogens with zero attached hydrogens (tertiary/aromatic N) is 2. The maximum absolute atomic E-state index is 13.1. The van der Waals surface area contributed by atoms with Crippen molar-refractivity contribution in [3.8, 4) is 0 Å². The van der Waals surface area contributed by atoms with Gasteiger partial charge in [0.15, 0.2) is 0 Å². The van der Waals surface area contributed by atoms with Crippen LogP contribution in [0, 0.1) is 13.8 Å². The van der Waals surface area contributed by atoms with E-state index in [0.717, 1.165) is 17.9 Å². The third-order valence-electron chi connectivity index (χ3n) is 6.34. The second-order valence-corrected chi connectivity index (χ2v) is 8.63. The average Bonchev–Trinajstić information content (AvgIpc) is 3.07. The second-order valence-electron chi connectivity index (χ2n) is 8.63. The number of carbonyl (C=O) groups excluding carboxylic acids is 1. The molecule has 0 atom stereocenters. The Hall–Kier alpha value is -2.92. The fourth-order valence-corrected chi connectivity index (χ4v) is 4.60. The molecule has 1 aliphatic rings. The molecular weight excluding hydrogens is 384 g/mol. The van der Waals surface area contributed by atoms with Gasteiger partial charge in [-0.25, -0.2) is 0 Å². The molecular formula is C26H33N4O+. The van der Waals surface area contributed by atoms with Crippen molar-refractivity contribution in [1.29, 1.82) is 0 Å². The van der Waals surface area contributed by atoms with Gasteiger partial charge in [0.05, 0.1) is 30.9 Å². The minimum absolute atomic E-state index is 0.0468. The Morgan fingerprint density at radius 1 is 0.968 bits per heavy atom. The van der Waals surface area contributed by atoms with Crippen molar-refractivity contribution in [1.82, 2.24) is 15.1 Å². The molecule has 5 nitrogen and oxygen atoms in total. The van der Waals surface area contributed by atoms with Gasteiger partial charge in [0, 0.05) is 17.8 Å². The number of amides is 1. The van der Waals surface area contributed by atoms with E-state index >= 15 is 0 Å². The quantitative estimate of drug-likeness (QED) is 0.621. The van der Waals surface area contributed by atoms with E-state index in [-0.39, 0.29) is 5.91 Å². The average molecular weight is 418 g/mol. The van der Waals surface area contributed by atoms with Crippen LogP contribution in [0.25, 0.3) is 0 Å². The fourth-order valence-electron chi connectivity index (χ4n) is 4.60. The van der Waals surface area contributed by atoms with Crippen molar-refractivity contribution < 1.29 is 9.69 Å². The van der Waals surface area contributed by atoms with Crippen molar-refractivity contribution >= 4 is 5.91 Å². The summed E-state index contributed by atoms with van der Waals surface area (Å²) >= 11 is 0. The molecule has 4 rings (SSSR count). The number of carbonyl (C=O) groups is 1. The topological polar surface area (TPSA) is 51.4 Å². The summed E-state index contributed by atoms with van der Waals surface area (Å²) in [5, 5.41) is 7.78. The first-order valence-corrected chi connectivity index (χ1v) is 11.4. The Balaban J connectivity index is 1.43. The summed E-state index contributed by atoms with van der Waals surface area (Å²) < 4.78 is 1.92. The monoisotopic (exact) mass is 417 g/mol. The lowest BCUT2D eigenvalue weighted by Crippen LogP contribution is -3.11. The summed E-state index contributed by atoms with van der Waals surface area (Å²) in [6, 6.07) is 18.7. The van der Waals surface area contributed by atoms with E-state index in [1.807, 2.05) is 36.7 Å². The number of piperidine rings is 1. The lowest BCUT2D eigenvalue weighted by molar-refractivity contribution is -0.918. The minimum Gasteiger partial charge on any atom is -0.348 e. The highest BCUT2D eigenvalue weighted by Gasteiger charge is 2.20. The molecule has 31 heavy (non-hydrogen) atoms. The first-order valence-electron chi connectivity index (χ1n) is 11.4. The van der Waals surface area contributed by atoms with Gasteiger partial charge in [-0.05, 0) is 44.2 Å². The number of aryl methyl sites for hydroxylation is 1. The largest absolute Gasteiger partial charge is 0.348 e. The first-order chi connectivity index (χ1) is 15.1. The normalized spacial score (nSPS) is 14.5. The smallest absolute Gasteiger partial charge is 0.255 e. The van der Waals surface area contributed by atoms with E-state index in [2.05, 4.69) is 46.8 Å². The summed E-state index contributed by atoms with van der Waals surface area (Å²) in [7, 11) is 0. The summed E-state index contributed by atoms with van der Waals surface area (Å²) in [6.45, 7) is 8.65. The second kappa shape index (κ2) is 9.92. The predicted molar refractivity (Wildman–Crippen MR) is 123 cm³/mol. The maximum atomic E-state index is 13.1. The van der Waals surface area contributed by atoms with Gasteiger partial charge in [-0.2, -0.15) is 5.10 Å². The van der Waals surface area contributed by atoms with Crippen LogP contribution in [-0.4, -0.2) is 28.8 Å². The number of aromatic nitrogens is 2. The van der Waals surface area contributed by atoms with E-state index in [1.54, 1.807) is 4.90 Å². The Labute approximate surface area is 185 Å². The lowest BCUT2D eigenvalue weighted by atomic mass is 10.0. The van der Waals surface area contributed by atoms with Crippen LogP contribution in [0.4, 0.5) is 0 Å². The zero-order chi connectivity index (χ0) is 21.6. The molecule has 0 radical (unpaired) electrons. The van der Waals surface area contributed by atoms with Crippen LogP contribution in [0.2, 0.25) is 0 Å². The van der Waals surface area contributed by atoms with Crippen molar-refractivity contribution in [2.45, 2.75) is 52.7 Å². The summed E-state index contributed by atoms with van der Waals surface area (Å²) in [5.74, 6) is -0.0468. The Kier molecular flexibility index (Phi) is 6.82. The summed E-state index contributed by atoms with van der Waals surface area (Å²) in [6.07, 6.45) is 4.00. The first kappa shape index (κ1) is 21.3. The number of rotatable bonds is 7. The molecule has 2 aromatic carbocycles. The van der Waals surface area contributed by atoms with E-state index < -0.39 is 0 Å². The zero-order valence-electron chi connectivity index (χ0n) is 18.7. The molecule has 0 aliphatic carbocycles. The molecule has 0 unspecified atom stereocenters. The van der Waals surface area contributed by atoms with Crippen LogP contribution in [-0.2, 0) is 19.6 Å². The van der Waals surface area contributed by atoms with E-state index in [4.69, 9.17) is 0 Å². The van der Waals surface area contributed by atoms with Crippen molar-refractivity contribution in [2.24, 2.45) is 0 Å². The number of hydrogen-bond donors (Lipinski definition) is 2. The molecule has 5 heteroatoms. The molecule has 2 heterocycles. The highest BCUT2D eigenvalue weighted by molar-refractivity contribution is 5.96. The van der Waals surface area contributed by atoms with Crippen LogP contribution in [0.1, 0.15) is 57.7 Å². The van der Waals surface area contributed by atoms with Gasteiger partial charge in [0.25, 0.3) is 5.91 Å². The third kappa shape index (κ3) is 5.23. The SMILES string of the molecule is Cc1nn(Cc2ccccc2)c(C)c1C(=O)NCc1ccccc1C[NH+]1CCCCC1. The van der Waals surface area contributed by atoms with Crippen LogP contribution in [0.3, 0.4) is 0 Å². The van der Waals surface area contributed by atoms with Gasteiger partial charge >= 0.3 is 0 Å². The zero-order valence-corrected chi connectivity index (χ0v) is 18.7. The molecule has 1 aliphatic heterocycles. The van der Waals surface area contributed by atoms with Crippen LogP contribution < -0.4 is 10.2 Å². The third-order valence-corrected chi connectivity index (χ3v) is 6.34. The number of nitrogens with one attached hydrogen (secondary N) is 2. The molecule has 0 spiro atoms. The van der Waals surface area contributed by atoms with Crippen molar-refractivity contribution in [3.63, 3.8) is 0 Å². The van der Waals surface area contributed by atoms with Crippen molar-refractivity contribution in [3.05, 3.63) is 88.2 Å². The van der Waals surface area contributed by atoms with Crippen LogP contribution >= 0.6 is 0 Å². The molecule has 1 aromatic heterocycles. The van der Waals surface area contributed by atoms with Gasteiger partial charge in [-0.3, -0.25) is 9.48 Å². The molecule has 1 saturated heterocycles. The minimum atomic E-state index is -0.0468. The van der Waals surface area contributed by atoms with Crippen LogP contribution in [0.15, 0.2) is 54.6 Å². The lowest BCUT2D eigenvalue weighted by Gasteiger charge is -2.24. The van der Waals surface area contributed by atoms with E-state index in [0.29, 0.717) is 18.7 Å². The van der Waals surface area contributed by atoms with Crippen LogP contribution in [0.5, 0.6) is 0 Å². The molecule has 1 amide bonds. The number of benzene rings is 2. The molecule has 162 valence electrons. The molecule has 0 bridgehead atoms. The van der Waals surface area contributed by atoms with Gasteiger partial charge < -0.3 is 10.2 Å².